The van der Waals surface area contributed by atoms with Crippen LogP contribution in [0.15, 0.2) is 29.3 Å². The summed E-state index contributed by atoms with van der Waals surface area (Å²) in [6.45, 7) is 7.38. The Hall–Kier alpha value is -2.12. The lowest BCUT2D eigenvalue weighted by Crippen LogP contribution is -2.39. The van der Waals surface area contributed by atoms with E-state index in [1.54, 1.807) is 0 Å². The van der Waals surface area contributed by atoms with Gasteiger partial charge in [0, 0.05) is 38.4 Å². The average Bonchev–Trinajstić information content (AvgIpc) is 2.99. The van der Waals surface area contributed by atoms with Gasteiger partial charge in [-0.15, -0.1) is 10.2 Å². The summed E-state index contributed by atoms with van der Waals surface area (Å²) in [7, 11) is 1.94. The van der Waals surface area contributed by atoms with Crippen molar-refractivity contribution in [3.63, 3.8) is 0 Å². The fraction of sp³-hybridized carbons (Fsp3) is 0.526. The highest BCUT2D eigenvalue weighted by molar-refractivity contribution is 6.31. The van der Waals surface area contributed by atoms with E-state index in [4.69, 9.17) is 16.3 Å². The van der Waals surface area contributed by atoms with Gasteiger partial charge in [-0.25, -0.2) is 4.99 Å². The monoisotopic (exact) mass is 392 g/mol. The smallest absolute Gasteiger partial charge is 0.191 e. The lowest BCUT2D eigenvalue weighted by Gasteiger charge is -2.13. The van der Waals surface area contributed by atoms with E-state index in [0.29, 0.717) is 6.54 Å². The standard InChI is InChI=1S/C19H29ClN6O/c1-4-27-13-7-11-21-19(23-14-18-25-24-15(2)26(18)3)22-12-10-16-8-5-6-9-17(16)20/h5-6,8-9H,4,7,10-14H2,1-3H3,(H2,21,22,23). The van der Waals surface area contributed by atoms with Crippen molar-refractivity contribution in [3.8, 4) is 0 Å². The van der Waals surface area contributed by atoms with Gasteiger partial charge >= 0.3 is 0 Å². The van der Waals surface area contributed by atoms with Crippen LogP contribution in [0.2, 0.25) is 5.02 Å². The molecule has 0 aliphatic carbocycles. The van der Waals surface area contributed by atoms with Crippen LogP contribution in [-0.2, 0) is 24.8 Å². The highest BCUT2D eigenvalue weighted by Crippen LogP contribution is 2.14. The van der Waals surface area contributed by atoms with Gasteiger partial charge in [-0.2, -0.15) is 0 Å². The van der Waals surface area contributed by atoms with E-state index in [9.17, 15) is 0 Å². The lowest BCUT2D eigenvalue weighted by atomic mass is 10.1. The second kappa shape index (κ2) is 11.6. The van der Waals surface area contributed by atoms with Crippen LogP contribution >= 0.6 is 11.6 Å². The number of guanidine groups is 1. The van der Waals surface area contributed by atoms with Crippen LogP contribution in [0, 0.1) is 6.92 Å². The van der Waals surface area contributed by atoms with Crippen LogP contribution in [0.4, 0.5) is 0 Å². The van der Waals surface area contributed by atoms with E-state index in [2.05, 4.69) is 25.8 Å². The Morgan fingerprint density at radius 2 is 2.00 bits per heavy atom. The Bertz CT molecular complexity index is 731. The molecule has 1 aromatic carbocycles. The Morgan fingerprint density at radius 3 is 2.70 bits per heavy atom. The molecule has 1 aromatic heterocycles. The van der Waals surface area contributed by atoms with Gasteiger partial charge in [0.05, 0.1) is 0 Å². The van der Waals surface area contributed by atoms with Gasteiger partial charge in [0.1, 0.15) is 12.4 Å². The third kappa shape index (κ3) is 7.19. The van der Waals surface area contributed by atoms with Crippen molar-refractivity contribution in [1.29, 1.82) is 0 Å². The van der Waals surface area contributed by atoms with Crippen molar-refractivity contribution in [2.75, 3.05) is 26.3 Å². The fourth-order valence-electron chi connectivity index (χ4n) is 2.45. The molecule has 2 rings (SSSR count). The molecule has 0 fully saturated rings. The average molecular weight is 393 g/mol. The second-order valence-electron chi connectivity index (χ2n) is 6.13. The zero-order chi connectivity index (χ0) is 19.5. The van der Waals surface area contributed by atoms with Crippen LogP contribution in [0.3, 0.4) is 0 Å². The molecule has 2 N–H and O–H groups in total. The van der Waals surface area contributed by atoms with Crippen molar-refractivity contribution in [2.45, 2.75) is 33.2 Å². The van der Waals surface area contributed by atoms with Crippen LogP contribution in [0.5, 0.6) is 0 Å². The van der Waals surface area contributed by atoms with Gasteiger partial charge in [0.15, 0.2) is 11.8 Å². The molecule has 1 heterocycles. The number of ether oxygens (including phenoxy) is 1. The zero-order valence-corrected chi connectivity index (χ0v) is 17.1. The molecule has 0 amide bonds. The van der Waals surface area contributed by atoms with Gasteiger partial charge in [0.2, 0.25) is 0 Å². The third-order valence-corrected chi connectivity index (χ3v) is 4.54. The van der Waals surface area contributed by atoms with Gasteiger partial charge in [-0.05, 0) is 38.3 Å². The number of rotatable bonds is 10. The predicted molar refractivity (Wildman–Crippen MR) is 109 cm³/mol. The summed E-state index contributed by atoms with van der Waals surface area (Å²) in [6, 6.07) is 7.89. The summed E-state index contributed by atoms with van der Waals surface area (Å²) in [6.07, 6.45) is 1.74. The molecule has 0 saturated heterocycles. The van der Waals surface area contributed by atoms with Gasteiger partial charge < -0.3 is 19.9 Å². The largest absolute Gasteiger partial charge is 0.382 e. The Balaban J connectivity index is 1.90. The summed E-state index contributed by atoms with van der Waals surface area (Å²) in [5.74, 6) is 2.45. The maximum atomic E-state index is 6.23. The highest BCUT2D eigenvalue weighted by atomic mass is 35.5. The quantitative estimate of drug-likeness (QED) is 0.369. The van der Waals surface area contributed by atoms with Crippen molar-refractivity contribution in [2.24, 2.45) is 12.0 Å². The van der Waals surface area contributed by atoms with Gasteiger partial charge in [-0.1, -0.05) is 29.8 Å². The van der Waals surface area contributed by atoms with Crippen molar-refractivity contribution in [3.05, 3.63) is 46.5 Å². The molecule has 0 radical (unpaired) electrons. The SMILES string of the molecule is CCOCCCNC(=NCc1nnc(C)n1C)NCCc1ccccc1Cl. The Kier molecular flexibility index (Phi) is 9.07. The number of hydrogen-bond acceptors (Lipinski definition) is 4. The normalized spacial score (nSPS) is 11.6. The summed E-state index contributed by atoms with van der Waals surface area (Å²) >= 11 is 6.23. The van der Waals surface area contributed by atoms with E-state index < -0.39 is 0 Å². The number of aryl methyl sites for hydroxylation is 1. The maximum absolute atomic E-state index is 6.23. The van der Waals surface area contributed by atoms with E-state index in [0.717, 1.165) is 67.3 Å². The first kappa shape index (κ1) is 21.2. The van der Waals surface area contributed by atoms with Crippen LogP contribution < -0.4 is 10.6 Å². The molecular formula is C19H29ClN6O. The highest BCUT2D eigenvalue weighted by Gasteiger charge is 2.06. The van der Waals surface area contributed by atoms with Crippen molar-refractivity contribution in [1.82, 2.24) is 25.4 Å². The molecule has 0 aliphatic rings. The molecule has 148 valence electrons. The summed E-state index contributed by atoms with van der Waals surface area (Å²) in [4.78, 5) is 4.64. The minimum atomic E-state index is 0.463. The van der Waals surface area contributed by atoms with Crippen molar-refractivity contribution >= 4 is 17.6 Å². The predicted octanol–water partition coefficient (Wildman–Crippen LogP) is 2.48. The molecule has 0 aliphatic heterocycles. The number of aliphatic imine (C=N–C) groups is 1. The number of halogens is 1. The number of aromatic nitrogens is 3. The molecule has 8 heteroatoms. The minimum Gasteiger partial charge on any atom is -0.382 e. The number of nitrogens with one attached hydrogen (secondary N) is 2. The van der Waals surface area contributed by atoms with Crippen LogP contribution in [0.25, 0.3) is 0 Å². The second-order valence-corrected chi connectivity index (χ2v) is 6.54. The van der Waals surface area contributed by atoms with Gasteiger partial charge in [0.25, 0.3) is 0 Å². The lowest BCUT2D eigenvalue weighted by molar-refractivity contribution is 0.145. The topological polar surface area (TPSA) is 76.4 Å². The molecule has 27 heavy (non-hydrogen) atoms. The fourth-order valence-corrected chi connectivity index (χ4v) is 2.69. The maximum Gasteiger partial charge on any atom is 0.191 e. The van der Waals surface area contributed by atoms with E-state index in [1.807, 2.05) is 49.7 Å². The zero-order valence-electron chi connectivity index (χ0n) is 16.3. The van der Waals surface area contributed by atoms with E-state index >= 15 is 0 Å². The Morgan fingerprint density at radius 1 is 1.22 bits per heavy atom. The molecule has 0 atom stereocenters. The first-order valence-corrected chi connectivity index (χ1v) is 9.67. The van der Waals surface area contributed by atoms with Gasteiger partial charge in [-0.3, -0.25) is 0 Å². The van der Waals surface area contributed by atoms with E-state index in [-0.39, 0.29) is 0 Å². The summed E-state index contributed by atoms with van der Waals surface area (Å²) in [5, 5.41) is 15.7. The molecule has 2 aromatic rings. The van der Waals surface area contributed by atoms with Crippen LogP contribution in [-0.4, -0.2) is 47.0 Å². The van der Waals surface area contributed by atoms with Crippen molar-refractivity contribution < 1.29 is 4.74 Å². The molecule has 0 bridgehead atoms. The molecule has 0 spiro atoms. The number of nitrogens with zero attached hydrogens (tertiary/aromatic N) is 4. The molecular weight excluding hydrogens is 364 g/mol. The number of benzene rings is 1. The van der Waals surface area contributed by atoms with Crippen LogP contribution in [0.1, 0.15) is 30.6 Å². The Labute approximate surface area is 166 Å². The number of hydrogen-bond donors (Lipinski definition) is 2. The summed E-state index contributed by atoms with van der Waals surface area (Å²) in [5.41, 5.74) is 1.12. The molecule has 7 nitrogen and oxygen atoms in total. The first-order chi connectivity index (χ1) is 13.1. The third-order valence-electron chi connectivity index (χ3n) is 4.17. The first-order valence-electron chi connectivity index (χ1n) is 9.30. The minimum absolute atomic E-state index is 0.463. The van der Waals surface area contributed by atoms with E-state index in [1.165, 1.54) is 0 Å². The summed E-state index contributed by atoms with van der Waals surface area (Å²) < 4.78 is 7.32. The molecule has 0 unspecified atom stereocenters. The molecule has 0 saturated carbocycles.